The molecule has 4 nitrogen and oxygen atoms in total. The molecule has 3 aromatic rings. The first-order valence-corrected chi connectivity index (χ1v) is 10.3. The summed E-state index contributed by atoms with van der Waals surface area (Å²) in [7, 11) is 0. The molecule has 0 saturated heterocycles. The Morgan fingerprint density at radius 3 is 2.59 bits per heavy atom. The first kappa shape index (κ1) is 17.9. The molecular weight excluding hydrogens is 356 g/mol. The van der Waals surface area contributed by atoms with E-state index in [-0.39, 0.29) is 5.69 Å². The maximum atomic E-state index is 12.8. The van der Waals surface area contributed by atoms with Gasteiger partial charge in [0.25, 0.3) is 0 Å². The van der Waals surface area contributed by atoms with Gasteiger partial charge in [0, 0.05) is 17.0 Å². The molecule has 0 aliphatic heterocycles. The molecular formula is C22H22N2O2S. The van der Waals surface area contributed by atoms with Gasteiger partial charge in [-0.15, -0.1) is 11.8 Å². The molecule has 1 aliphatic rings. The summed E-state index contributed by atoms with van der Waals surface area (Å²) in [5.41, 5.74) is 4.23. The summed E-state index contributed by atoms with van der Waals surface area (Å²) in [6.07, 6.45) is 2.96. The predicted octanol–water partition coefficient (Wildman–Crippen LogP) is 4.41. The van der Waals surface area contributed by atoms with Crippen molar-refractivity contribution < 1.29 is 4.74 Å². The van der Waals surface area contributed by atoms with Crippen molar-refractivity contribution in [1.82, 2.24) is 9.55 Å². The van der Waals surface area contributed by atoms with Crippen LogP contribution in [0.3, 0.4) is 0 Å². The normalized spacial score (nSPS) is 12.8. The molecule has 1 heterocycles. The Kier molecular flexibility index (Phi) is 5.30. The van der Waals surface area contributed by atoms with E-state index in [0.29, 0.717) is 6.61 Å². The van der Waals surface area contributed by atoms with E-state index in [1.165, 1.54) is 11.1 Å². The van der Waals surface area contributed by atoms with Crippen LogP contribution < -0.4 is 10.4 Å². The van der Waals surface area contributed by atoms with Gasteiger partial charge < -0.3 is 4.74 Å². The van der Waals surface area contributed by atoms with Crippen molar-refractivity contribution in [2.75, 3.05) is 6.61 Å². The van der Waals surface area contributed by atoms with E-state index in [1.807, 2.05) is 49.4 Å². The zero-order chi connectivity index (χ0) is 18.6. The topological polar surface area (TPSA) is 44.1 Å². The largest absolute Gasteiger partial charge is 0.494 e. The number of aromatic nitrogens is 2. The van der Waals surface area contributed by atoms with E-state index in [1.54, 1.807) is 16.3 Å². The van der Waals surface area contributed by atoms with Crippen LogP contribution in [0.15, 0.2) is 64.4 Å². The van der Waals surface area contributed by atoms with E-state index in [2.05, 4.69) is 17.1 Å². The van der Waals surface area contributed by atoms with Crippen LogP contribution in [-0.2, 0) is 18.6 Å². The number of nitrogens with zero attached hydrogens (tertiary/aromatic N) is 2. The van der Waals surface area contributed by atoms with Crippen molar-refractivity contribution in [2.45, 2.75) is 37.0 Å². The standard InChI is InChI=1S/C22H22N2O2S/c1-2-26-18-13-11-17(12-14-18)24-20-10-6-9-19(20)21(23-22(24)25)27-15-16-7-4-3-5-8-16/h3-5,7-8,11-14H,2,6,9-10,15H2,1H3. The summed E-state index contributed by atoms with van der Waals surface area (Å²) in [5, 5.41) is 0.888. The molecule has 138 valence electrons. The SMILES string of the molecule is CCOc1ccc(-n2c3c(c(SCc4ccccc4)nc2=O)CCC3)cc1. The van der Waals surface area contributed by atoms with E-state index >= 15 is 0 Å². The highest BCUT2D eigenvalue weighted by atomic mass is 32.2. The molecule has 2 aromatic carbocycles. The number of hydrogen-bond donors (Lipinski definition) is 0. The van der Waals surface area contributed by atoms with Crippen LogP contribution >= 0.6 is 11.8 Å². The fourth-order valence-corrected chi connectivity index (χ4v) is 4.53. The molecule has 5 heteroatoms. The lowest BCUT2D eigenvalue weighted by molar-refractivity contribution is 0.340. The van der Waals surface area contributed by atoms with Gasteiger partial charge in [-0.2, -0.15) is 4.98 Å². The molecule has 1 aromatic heterocycles. The minimum atomic E-state index is -0.199. The first-order valence-electron chi connectivity index (χ1n) is 9.31. The van der Waals surface area contributed by atoms with Crippen molar-refractivity contribution in [3.05, 3.63) is 81.9 Å². The summed E-state index contributed by atoms with van der Waals surface area (Å²) in [5.74, 6) is 1.64. The number of hydrogen-bond acceptors (Lipinski definition) is 4. The third-order valence-electron chi connectivity index (χ3n) is 4.73. The van der Waals surface area contributed by atoms with E-state index in [0.717, 1.165) is 47.2 Å². The Balaban J connectivity index is 1.66. The lowest BCUT2D eigenvalue weighted by atomic mass is 10.2. The Morgan fingerprint density at radius 2 is 1.85 bits per heavy atom. The summed E-state index contributed by atoms with van der Waals surface area (Å²) in [4.78, 5) is 17.3. The van der Waals surface area contributed by atoms with Gasteiger partial charge in [-0.05, 0) is 56.0 Å². The molecule has 4 rings (SSSR count). The number of rotatable bonds is 6. The molecule has 0 amide bonds. The number of fused-ring (bicyclic) bond motifs is 1. The Labute approximate surface area is 163 Å². The molecule has 27 heavy (non-hydrogen) atoms. The smallest absolute Gasteiger partial charge is 0.353 e. The minimum Gasteiger partial charge on any atom is -0.494 e. The fourth-order valence-electron chi connectivity index (χ4n) is 3.49. The molecule has 0 bridgehead atoms. The van der Waals surface area contributed by atoms with Crippen molar-refractivity contribution >= 4 is 11.8 Å². The van der Waals surface area contributed by atoms with Gasteiger partial charge in [0.2, 0.25) is 0 Å². The van der Waals surface area contributed by atoms with Gasteiger partial charge in [-0.25, -0.2) is 4.79 Å². The predicted molar refractivity (Wildman–Crippen MR) is 109 cm³/mol. The van der Waals surface area contributed by atoms with Crippen molar-refractivity contribution in [3.8, 4) is 11.4 Å². The van der Waals surface area contributed by atoms with Crippen molar-refractivity contribution in [1.29, 1.82) is 0 Å². The summed E-state index contributed by atoms with van der Waals surface area (Å²) >= 11 is 1.66. The van der Waals surface area contributed by atoms with E-state index in [9.17, 15) is 4.79 Å². The van der Waals surface area contributed by atoms with Crippen molar-refractivity contribution in [2.24, 2.45) is 0 Å². The summed E-state index contributed by atoms with van der Waals surface area (Å²) in [6, 6.07) is 18.0. The Hall–Kier alpha value is -2.53. The maximum Gasteiger partial charge on any atom is 0.353 e. The highest BCUT2D eigenvalue weighted by Crippen LogP contribution is 2.32. The van der Waals surface area contributed by atoms with Crippen LogP contribution in [0.2, 0.25) is 0 Å². The second kappa shape index (κ2) is 8.01. The van der Waals surface area contributed by atoms with Crippen LogP contribution in [0.1, 0.15) is 30.2 Å². The molecule has 0 saturated carbocycles. The highest BCUT2D eigenvalue weighted by molar-refractivity contribution is 7.98. The molecule has 1 aliphatic carbocycles. The molecule has 0 radical (unpaired) electrons. The van der Waals surface area contributed by atoms with Crippen LogP contribution in [0.25, 0.3) is 5.69 Å². The zero-order valence-corrected chi connectivity index (χ0v) is 16.2. The second-order valence-corrected chi connectivity index (χ2v) is 7.48. The lowest BCUT2D eigenvalue weighted by Crippen LogP contribution is -2.25. The van der Waals surface area contributed by atoms with E-state index < -0.39 is 0 Å². The van der Waals surface area contributed by atoms with Crippen LogP contribution in [-0.4, -0.2) is 16.2 Å². The van der Waals surface area contributed by atoms with Gasteiger partial charge in [0.05, 0.1) is 12.3 Å². The molecule has 0 N–H and O–H groups in total. The molecule has 0 atom stereocenters. The number of thioether (sulfide) groups is 1. The fraction of sp³-hybridized carbons (Fsp3) is 0.273. The number of ether oxygens (including phenoxy) is 1. The lowest BCUT2D eigenvalue weighted by Gasteiger charge is -2.14. The zero-order valence-electron chi connectivity index (χ0n) is 15.4. The van der Waals surface area contributed by atoms with Gasteiger partial charge in [0.15, 0.2) is 0 Å². The van der Waals surface area contributed by atoms with Crippen LogP contribution in [0.5, 0.6) is 5.75 Å². The highest BCUT2D eigenvalue weighted by Gasteiger charge is 2.22. The summed E-state index contributed by atoms with van der Waals surface area (Å²) in [6.45, 7) is 2.59. The van der Waals surface area contributed by atoms with Crippen molar-refractivity contribution in [3.63, 3.8) is 0 Å². The van der Waals surface area contributed by atoms with Gasteiger partial charge in [0.1, 0.15) is 10.8 Å². The van der Waals surface area contributed by atoms with E-state index in [4.69, 9.17) is 4.74 Å². The molecule has 0 unspecified atom stereocenters. The van der Waals surface area contributed by atoms with Gasteiger partial charge >= 0.3 is 5.69 Å². The molecule has 0 spiro atoms. The summed E-state index contributed by atoms with van der Waals surface area (Å²) < 4.78 is 7.27. The number of benzene rings is 2. The Morgan fingerprint density at radius 1 is 1.07 bits per heavy atom. The maximum absolute atomic E-state index is 12.8. The third kappa shape index (κ3) is 3.78. The first-order chi connectivity index (χ1) is 13.3. The Bertz CT molecular complexity index is 982. The second-order valence-electron chi connectivity index (χ2n) is 6.51. The minimum absolute atomic E-state index is 0.199. The van der Waals surface area contributed by atoms with Gasteiger partial charge in [-0.3, -0.25) is 4.57 Å². The monoisotopic (exact) mass is 378 g/mol. The third-order valence-corrected chi connectivity index (χ3v) is 5.82. The average Bonchev–Trinajstić information content (AvgIpc) is 3.18. The van der Waals surface area contributed by atoms with Crippen LogP contribution in [0.4, 0.5) is 0 Å². The average molecular weight is 378 g/mol. The quantitative estimate of drug-likeness (QED) is 0.471. The molecule has 0 fully saturated rings. The van der Waals surface area contributed by atoms with Crippen LogP contribution in [0, 0.1) is 0 Å². The van der Waals surface area contributed by atoms with Gasteiger partial charge in [-0.1, -0.05) is 30.3 Å².